The predicted molar refractivity (Wildman–Crippen MR) is 104 cm³/mol. The van der Waals surface area contributed by atoms with Crippen molar-refractivity contribution in [2.24, 2.45) is 0 Å². The monoisotopic (exact) mass is 355 g/mol. The fraction of sp³-hybridized carbons (Fsp3) is 0. The molecule has 2 aliphatic carbocycles. The van der Waals surface area contributed by atoms with E-state index in [1.54, 1.807) is 30.5 Å². The Morgan fingerprint density at radius 2 is 1.78 bits per heavy atom. The molecule has 2 aliphatic rings. The minimum atomic E-state index is -1.14. The van der Waals surface area contributed by atoms with E-state index in [0.717, 1.165) is 5.39 Å². The lowest BCUT2D eigenvalue weighted by molar-refractivity contribution is 0.0697. The van der Waals surface area contributed by atoms with Crippen LogP contribution in [0.5, 0.6) is 0 Å². The molecule has 0 radical (unpaired) electrons. The van der Waals surface area contributed by atoms with Crippen molar-refractivity contribution in [2.75, 3.05) is 0 Å². The summed E-state index contributed by atoms with van der Waals surface area (Å²) < 4.78 is 14.4. The molecule has 1 aromatic heterocycles. The number of aromatic amines is 1. The van der Waals surface area contributed by atoms with Crippen LogP contribution in [-0.4, -0.2) is 16.1 Å². The van der Waals surface area contributed by atoms with E-state index in [-0.39, 0.29) is 16.7 Å². The molecule has 0 atom stereocenters. The molecule has 5 rings (SSSR count). The number of fused-ring (bicyclic) bond motifs is 2. The van der Waals surface area contributed by atoms with E-state index in [1.165, 1.54) is 23.3 Å². The Morgan fingerprint density at radius 3 is 2.37 bits per heavy atom. The first kappa shape index (κ1) is 16.6. The van der Waals surface area contributed by atoms with E-state index >= 15 is 0 Å². The SMILES string of the molecule is C#Cc1cccc(C(=O)O)c1-c1cc2cc[nH]c2cc1F.c1cc2cc-2c1. The molecule has 1 heterocycles. The second kappa shape index (κ2) is 6.47. The van der Waals surface area contributed by atoms with E-state index in [0.29, 0.717) is 11.1 Å². The molecule has 0 bridgehead atoms. The topological polar surface area (TPSA) is 53.1 Å². The first-order valence-corrected chi connectivity index (χ1v) is 8.29. The van der Waals surface area contributed by atoms with Crippen LogP contribution in [0.25, 0.3) is 33.2 Å². The molecule has 0 saturated heterocycles. The van der Waals surface area contributed by atoms with Gasteiger partial charge in [-0.05, 0) is 47.5 Å². The van der Waals surface area contributed by atoms with Crippen LogP contribution in [-0.2, 0) is 0 Å². The average molecular weight is 355 g/mol. The number of aromatic carboxylic acids is 1. The third-order valence-corrected chi connectivity index (χ3v) is 4.47. The zero-order chi connectivity index (χ0) is 19.0. The van der Waals surface area contributed by atoms with Crippen LogP contribution in [0.3, 0.4) is 0 Å². The zero-order valence-electron chi connectivity index (χ0n) is 14.2. The number of carboxylic acid groups (broad SMARTS) is 1. The highest BCUT2D eigenvalue weighted by Crippen LogP contribution is 2.33. The molecule has 0 saturated carbocycles. The van der Waals surface area contributed by atoms with Gasteiger partial charge in [-0.15, -0.1) is 6.42 Å². The van der Waals surface area contributed by atoms with Gasteiger partial charge in [0.2, 0.25) is 0 Å². The van der Waals surface area contributed by atoms with Crippen molar-refractivity contribution in [3.8, 4) is 34.6 Å². The number of terminal acetylenes is 1. The summed E-state index contributed by atoms with van der Waals surface area (Å²) in [7, 11) is 0. The molecule has 0 amide bonds. The third kappa shape index (κ3) is 3.07. The number of carboxylic acids is 1. The lowest BCUT2D eigenvalue weighted by Gasteiger charge is -2.10. The highest BCUT2D eigenvalue weighted by Gasteiger charge is 2.18. The maximum Gasteiger partial charge on any atom is 0.336 e. The van der Waals surface area contributed by atoms with Crippen molar-refractivity contribution < 1.29 is 14.3 Å². The van der Waals surface area contributed by atoms with Gasteiger partial charge in [0, 0.05) is 33.8 Å². The molecule has 3 nitrogen and oxygen atoms in total. The van der Waals surface area contributed by atoms with Crippen molar-refractivity contribution in [1.29, 1.82) is 0 Å². The van der Waals surface area contributed by atoms with E-state index in [4.69, 9.17) is 6.42 Å². The maximum atomic E-state index is 14.4. The van der Waals surface area contributed by atoms with Gasteiger partial charge in [-0.25, -0.2) is 9.18 Å². The number of nitrogens with one attached hydrogen (secondary N) is 1. The van der Waals surface area contributed by atoms with E-state index in [2.05, 4.69) is 35.2 Å². The Balaban J connectivity index is 0.000000250. The normalized spacial score (nSPS) is 10.7. The molecule has 2 aromatic carbocycles. The predicted octanol–water partition coefficient (Wildman–Crippen LogP) is 5.32. The largest absolute Gasteiger partial charge is 0.478 e. The van der Waals surface area contributed by atoms with Crippen LogP contribution in [0.15, 0.2) is 66.9 Å². The van der Waals surface area contributed by atoms with Crippen molar-refractivity contribution in [3.63, 3.8) is 0 Å². The van der Waals surface area contributed by atoms with Crippen molar-refractivity contribution in [2.45, 2.75) is 0 Å². The fourth-order valence-electron chi connectivity index (χ4n) is 3.08. The number of hydrogen-bond donors (Lipinski definition) is 2. The molecule has 2 N–H and O–H groups in total. The molecule has 0 fully saturated rings. The number of rotatable bonds is 2. The molecular formula is C23H14FNO2. The third-order valence-electron chi connectivity index (χ3n) is 4.47. The summed E-state index contributed by atoms with van der Waals surface area (Å²) in [6, 6.07) is 17.8. The quantitative estimate of drug-likeness (QED) is 0.421. The first-order valence-electron chi connectivity index (χ1n) is 8.29. The standard InChI is InChI=1S/C17H10FNO2.C6H4/c1-2-10-4-3-5-12(17(20)21)16(10)13-8-11-6-7-19-15(11)9-14(13)18;1-2-5-4-6(5)3-1/h1,3-9,19H,(H,20,21);1-4H. The number of hydrogen-bond acceptors (Lipinski definition) is 1. The number of carbonyl (C=O) groups is 1. The van der Waals surface area contributed by atoms with Gasteiger partial charge in [-0.1, -0.05) is 30.2 Å². The van der Waals surface area contributed by atoms with Crippen LogP contribution < -0.4 is 0 Å². The lowest BCUT2D eigenvalue weighted by Crippen LogP contribution is -2.02. The van der Waals surface area contributed by atoms with E-state index in [1.807, 2.05) is 0 Å². The minimum Gasteiger partial charge on any atom is -0.478 e. The van der Waals surface area contributed by atoms with Gasteiger partial charge in [-0.3, -0.25) is 0 Å². The van der Waals surface area contributed by atoms with E-state index < -0.39 is 11.8 Å². The van der Waals surface area contributed by atoms with Gasteiger partial charge >= 0.3 is 5.97 Å². The van der Waals surface area contributed by atoms with Gasteiger partial charge in [0.1, 0.15) is 5.82 Å². The second-order valence-corrected chi connectivity index (χ2v) is 6.16. The summed E-state index contributed by atoms with van der Waals surface area (Å²) >= 11 is 0. The maximum absolute atomic E-state index is 14.4. The summed E-state index contributed by atoms with van der Waals surface area (Å²) in [5.74, 6) is 0.759. The number of H-pyrrole nitrogens is 1. The molecule has 27 heavy (non-hydrogen) atoms. The molecule has 0 spiro atoms. The summed E-state index contributed by atoms with van der Waals surface area (Å²) in [6.07, 6.45) is 7.12. The molecular weight excluding hydrogens is 341 g/mol. The Kier molecular flexibility index (Phi) is 3.98. The van der Waals surface area contributed by atoms with Gasteiger partial charge in [0.25, 0.3) is 0 Å². The highest BCUT2D eigenvalue weighted by molar-refractivity contribution is 5.99. The minimum absolute atomic E-state index is 0.0146. The Morgan fingerprint density at radius 1 is 1.04 bits per heavy atom. The smallest absolute Gasteiger partial charge is 0.336 e. The number of halogens is 1. The zero-order valence-corrected chi connectivity index (χ0v) is 14.2. The fourth-order valence-corrected chi connectivity index (χ4v) is 3.08. The summed E-state index contributed by atoms with van der Waals surface area (Å²) in [4.78, 5) is 14.3. The van der Waals surface area contributed by atoms with Crippen LogP contribution in [0.1, 0.15) is 15.9 Å². The molecule has 0 unspecified atom stereocenters. The number of benzene rings is 3. The van der Waals surface area contributed by atoms with Crippen molar-refractivity contribution >= 4 is 16.9 Å². The Hall–Kier alpha value is -3.84. The summed E-state index contributed by atoms with van der Waals surface area (Å²) in [5.41, 5.74) is 4.25. The van der Waals surface area contributed by atoms with Gasteiger partial charge in [0.15, 0.2) is 0 Å². The summed E-state index contributed by atoms with van der Waals surface area (Å²) in [5, 5.41) is 10.1. The average Bonchev–Trinajstić information content (AvgIpc) is 3.05. The number of aromatic nitrogens is 1. The van der Waals surface area contributed by atoms with Gasteiger partial charge < -0.3 is 10.1 Å². The molecule has 0 aliphatic heterocycles. The van der Waals surface area contributed by atoms with Gasteiger partial charge in [-0.2, -0.15) is 0 Å². The molecule has 130 valence electrons. The van der Waals surface area contributed by atoms with Crippen LogP contribution in [0.4, 0.5) is 4.39 Å². The van der Waals surface area contributed by atoms with Crippen molar-refractivity contribution in [1.82, 2.24) is 4.98 Å². The Labute approximate surface area is 155 Å². The van der Waals surface area contributed by atoms with Crippen molar-refractivity contribution in [3.05, 3.63) is 83.8 Å². The molecule has 4 heteroatoms. The van der Waals surface area contributed by atoms with Crippen LogP contribution in [0, 0.1) is 18.2 Å². The first-order chi connectivity index (χ1) is 13.1. The van der Waals surface area contributed by atoms with Crippen LogP contribution >= 0.6 is 0 Å². The lowest BCUT2D eigenvalue weighted by atomic mass is 9.93. The van der Waals surface area contributed by atoms with Gasteiger partial charge in [0.05, 0.1) is 5.56 Å². The summed E-state index contributed by atoms with van der Waals surface area (Å²) in [6.45, 7) is 0. The molecule has 3 aromatic rings. The van der Waals surface area contributed by atoms with E-state index in [9.17, 15) is 14.3 Å². The van der Waals surface area contributed by atoms with Crippen LogP contribution in [0.2, 0.25) is 0 Å². The Bertz CT molecular complexity index is 1210. The second-order valence-electron chi connectivity index (χ2n) is 6.16. The highest BCUT2D eigenvalue weighted by atomic mass is 19.1.